The average Bonchev–Trinajstić information content (AvgIpc) is 2.48. The number of nitrogens with one attached hydrogen (secondary N) is 1. The topological polar surface area (TPSA) is 30.5 Å². The highest BCUT2D eigenvalue weighted by Gasteiger charge is 2.07. The van der Waals surface area contributed by atoms with E-state index >= 15 is 0 Å². The van der Waals surface area contributed by atoms with Crippen LogP contribution in [0.25, 0.3) is 0 Å². The van der Waals surface area contributed by atoms with E-state index in [0.29, 0.717) is 23.6 Å². The monoisotopic (exact) mass is 275 g/mol. The van der Waals surface area contributed by atoms with E-state index in [4.69, 9.17) is 9.47 Å². The first-order valence-electron chi connectivity index (χ1n) is 6.42. The van der Waals surface area contributed by atoms with Gasteiger partial charge in [0.1, 0.15) is 23.9 Å². The number of methoxy groups -OCH3 is 1. The second-order valence-corrected chi connectivity index (χ2v) is 4.38. The van der Waals surface area contributed by atoms with Crippen LogP contribution in [0.15, 0.2) is 42.5 Å². The van der Waals surface area contributed by atoms with Gasteiger partial charge in [0.25, 0.3) is 0 Å². The lowest BCUT2D eigenvalue weighted by molar-refractivity contribution is 0.294. The Labute approximate surface area is 118 Å². The molecule has 4 heteroatoms. The number of hydrogen-bond acceptors (Lipinski definition) is 3. The molecule has 2 aromatic rings. The maximum Gasteiger partial charge on any atom is 0.129 e. The summed E-state index contributed by atoms with van der Waals surface area (Å²) in [6.07, 6.45) is 0. The Morgan fingerprint density at radius 2 is 1.90 bits per heavy atom. The quantitative estimate of drug-likeness (QED) is 0.878. The van der Waals surface area contributed by atoms with Crippen LogP contribution in [0.2, 0.25) is 0 Å². The molecule has 0 aromatic heterocycles. The van der Waals surface area contributed by atoms with Gasteiger partial charge in [0, 0.05) is 23.7 Å². The lowest BCUT2D eigenvalue weighted by atomic mass is 10.2. The first kappa shape index (κ1) is 14.3. The van der Waals surface area contributed by atoms with Crippen LogP contribution in [0.1, 0.15) is 11.1 Å². The third-order valence-electron chi connectivity index (χ3n) is 2.98. The first-order valence-corrected chi connectivity index (χ1v) is 6.42. The number of ether oxygens (including phenoxy) is 2. The van der Waals surface area contributed by atoms with Crippen LogP contribution >= 0.6 is 0 Å². The van der Waals surface area contributed by atoms with Gasteiger partial charge in [-0.15, -0.1) is 0 Å². The molecule has 2 rings (SSSR count). The van der Waals surface area contributed by atoms with Gasteiger partial charge in [-0.1, -0.05) is 24.3 Å². The molecule has 0 saturated heterocycles. The zero-order valence-electron chi connectivity index (χ0n) is 11.7. The minimum Gasteiger partial charge on any atom is -0.497 e. The Morgan fingerprint density at radius 3 is 2.60 bits per heavy atom. The molecule has 20 heavy (non-hydrogen) atoms. The third kappa shape index (κ3) is 3.48. The van der Waals surface area contributed by atoms with Crippen LogP contribution in [0.3, 0.4) is 0 Å². The normalized spacial score (nSPS) is 10.3. The van der Waals surface area contributed by atoms with Crippen LogP contribution in [0.5, 0.6) is 11.5 Å². The number of benzene rings is 2. The Bertz CT molecular complexity index is 572. The summed E-state index contributed by atoms with van der Waals surface area (Å²) in [5.74, 6) is 1.15. The van der Waals surface area contributed by atoms with Gasteiger partial charge in [0.2, 0.25) is 0 Å². The van der Waals surface area contributed by atoms with Gasteiger partial charge in [-0.2, -0.15) is 0 Å². The molecule has 0 amide bonds. The Hall–Kier alpha value is -2.07. The van der Waals surface area contributed by atoms with Gasteiger partial charge in [-0.3, -0.25) is 0 Å². The summed E-state index contributed by atoms with van der Waals surface area (Å²) in [4.78, 5) is 0. The highest BCUT2D eigenvalue weighted by molar-refractivity contribution is 5.41. The maximum absolute atomic E-state index is 13.6. The van der Waals surface area contributed by atoms with Crippen molar-refractivity contribution in [3.63, 3.8) is 0 Å². The lowest BCUT2D eigenvalue weighted by Gasteiger charge is -2.13. The van der Waals surface area contributed by atoms with Crippen molar-refractivity contribution in [3.05, 3.63) is 59.4 Å². The van der Waals surface area contributed by atoms with Crippen LogP contribution in [0, 0.1) is 5.82 Å². The molecule has 0 fully saturated rings. The Morgan fingerprint density at radius 1 is 1.10 bits per heavy atom. The summed E-state index contributed by atoms with van der Waals surface area (Å²) in [5.41, 5.74) is 1.54. The van der Waals surface area contributed by atoms with Crippen LogP contribution in [0.4, 0.5) is 4.39 Å². The molecule has 0 bridgehead atoms. The molecule has 0 aliphatic heterocycles. The van der Waals surface area contributed by atoms with Crippen molar-refractivity contribution in [3.8, 4) is 11.5 Å². The van der Waals surface area contributed by atoms with Crippen LogP contribution < -0.4 is 14.8 Å². The number of halogens is 1. The molecule has 0 atom stereocenters. The predicted molar refractivity (Wildman–Crippen MR) is 76.5 cm³/mol. The van der Waals surface area contributed by atoms with Gasteiger partial charge >= 0.3 is 0 Å². The minimum absolute atomic E-state index is 0.191. The van der Waals surface area contributed by atoms with Crippen LogP contribution in [-0.2, 0) is 13.2 Å². The highest BCUT2D eigenvalue weighted by atomic mass is 19.1. The van der Waals surface area contributed by atoms with Crippen molar-refractivity contribution in [2.45, 2.75) is 13.2 Å². The molecule has 0 saturated carbocycles. The van der Waals surface area contributed by atoms with E-state index < -0.39 is 0 Å². The maximum atomic E-state index is 13.6. The molecule has 0 aliphatic carbocycles. The highest BCUT2D eigenvalue weighted by Crippen LogP contribution is 2.26. The Kier molecular flexibility index (Phi) is 4.96. The summed E-state index contributed by atoms with van der Waals surface area (Å²) < 4.78 is 24.5. The number of hydrogen-bond donors (Lipinski definition) is 1. The van der Waals surface area contributed by atoms with Crippen molar-refractivity contribution in [2.24, 2.45) is 0 Å². The van der Waals surface area contributed by atoms with Gasteiger partial charge in [0.05, 0.1) is 7.11 Å². The van der Waals surface area contributed by atoms with Gasteiger partial charge in [-0.25, -0.2) is 4.39 Å². The molecule has 0 aliphatic rings. The summed E-state index contributed by atoms with van der Waals surface area (Å²) in [7, 11) is 3.47. The van der Waals surface area contributed by atoms with E-state index in [9.17, 15) is 4.39 Å². The molecule has 3 nitrogen and oxygen atoms in total. The van der Waals surface area contributed by atoms with Crippen molar-refractivity contribution >= 4 is 0 Å². The molecule has 0 radical (unpaired) electrons. The van der Waals surface area contributed by atoms with Crippen molar-refractivity contribution in [2.75, 3.05) is 14.2 Å². The SMILES string of the molecule is CNCc1ccc(OC)cc1OCc1ccccc1F. The van der Waals surface area contributed by atoms with E-state index in [1.165, 1.54) is 6.07 Å². The molecule has 106 valence electrons. The molecule has 1 N–H and O–H groups in total. The standard InChI is InChI=1S/C16H18FNO2/c1-18-10-12-7-8-14(19-2)9-16(12)20-11-13-5-3-4-6-15(13)17/h3-9,18H,10-11H2,1-2H3. The largest absolute Gasteiger partial charge is 0.497 e. The van der Waals surface area contributed by atoms with Gasteiger partial charge < -0.3 is 14.8 Å². The zero-order chi connectivity index (χ0) is 14.4. The fraction of sp³-hybridized carbons (Fsp3) is 0.250. The predicted octanol–water partition coefficient (Wildman–Crippen LogP) is 3.13. The molecule has 0 spiro atoms. The van der Waals surface area contributed by atoms with E-state index in [1.54, 1.807) is 25.3 Å². The average molecular weight is 275 g/mol. The van der Waals surface area contributed by atoms with Gasteiger partial charge in [-0.05, 0) is 19.2 Å². The molecule has 0 unspecified atom stereocenters. The van der Waals surface area contributed by atoms with Crippen molar-refractivity contribution < 1.29 is 13.9 Å². The molecular formula is C16H18FNO2. The third-order valence-corrected chi connectivity index (χ3v) is 2.98. The number of rotatable bonds is 6. The first-order chi connectivity index (χ1) is 9.74. The zero-order valence-corrected chi connectivity index (χ0v) is 11.7. The lowest BCUT2D eigenvalue weighted by Crippen LogP contribution is -2.08. The van der Waals surface area contributed by atoms with E-state index in [1.807, 2.05) is 25.2 Å². The van der Waals surface area contributed by atoms with E-state index in [-0.39, 0.29) is 12.4 Å². The van der Waals surface area contributed by atoms with Crippen molar-refractivity contribution in [1.29, 1.82) is 0 Å². The van der Waals surface area contributed by atoms with E-state index in [2.05, 4.69) is 5.32 Å². The second kappa shape index (κ2) is 6.91. The minimum atomic E-state index is -0.259. The summed E-state index contributed by atoms with van der Waals surface area (Å²) in [5, 5.41) is 3.08. The second-order valence-electron chi connectivity index (χ2n) is 4.38. The molecule has 0 heterocycles. The molecule has 2 aromatic carbocycles. The fourth-order valence-electron chi connectivity index (χ4n) is 1.90. The van der Waals surface area contributed by atoms with Gasteiger partial charge in [0.15, 0.2) is 0 Å². The smallest absolute Gasteiger partial charge is 0.129 e. The summed E-state index contributed by atoms with van der Waals surface area (Å²) in [6, 6.07) is 12.2. The summed E-state index contributed by atoms with van der Waals surface area (Å²) in [6.45, 7) is 0.868. The fourth-order valence-corrected chi connectivity index (χ4v) is 1.90. The van der Waals surface area contributed by atoms with Crippen molar-refractivity contribution in [1.82, 2.24) is 5.32 Å². The van der Waals surface area contributed by atoms with Crippen LogP contribution in [-0.4, -0.2) is 14.2 Å². The van der Waals surface area contributed by atoms with E-state index in [0.717, 1.165) is 5.56 Å². The summed E-state index contributed by atoms with van der Waals surface area (Å²) >= 11 is 0. The Balaban J connectivity index is 2.17. The molecular weight excluding hydrogens is 257 g/mol.